The molecule has 2 rings (SSSR count). The van der Waals surface area contributed by atoms with Crippen LogP contribution < -0.4 is 10.6 Å². The molecule has 0 aromatic heterocycles. The van der Waals surface area contributed by atoms with Crippen molar-refractivity contribution in [2.75, 3.05) is 19.6 Å². The maximum atomic E-state index is 13.0. The van der Waals surface area contributed by atoms with Gasteiger partial charge in [-0.25, -0.2) is 13.2 Å². The molecule has 0 aliphatic carbocycles. The number of amides is 1. The average Bonchev–Trinajstić information content (AvgIpc) is 2.42. The molecule has 0 radical (unpaired) electrons. The molecule has 3 nitrogen and oxygen atoms in total. The third-order valence-electron chi connectivity index (χ3n) is 2.88. The standard InChI is InChI=1S/C13H13F3N2O.ClH/c14-10-5-9(6-11(15)12(10)16)13(19)18-7-8-1-3-17-4-2-8;/h1,5-6,17H,2-4,7H2,(H,18,19);1H. The number of carbonyl (C=O) groups excluding carboxylic acids is 1. The molecular weight excluding hydrogens is 293 g/mol. The molecule has 0 spiro atoms. The molecule has 0 saturated heterocycles. The maximum Gasteiger partial charge on any atom is 0.251 e. The summed E-state index contributed by atoms with van der Waals surface area (Å²) < 4.78 is 38.7. The van der Waals surface area contributed by atoms with Gasteiger partial charge in [0.15, 0.2) is 17.5 Å². The second-order valence-corrected chi connectivity index (χ2v) is 4.25. The van der Waals surface area contributed by atoms with E-state index in [0.717, 1.165) is 25.1 Å². The molecule has 0 bridgehead atoms. The van der Waals surface area contributed by atoms with Crippen molar-refractivity contribution in [2.45, 2.75) is 6.42 Å². The second kappa shape index (κ2) is 7.31. The van der Waals surface area contributed by atoms with E-state index in [1.165, 1.54) is 0 Å². The lowest BCUT2D eigenvalue weighted by molar-refractivity contribution is 0.0955. The Morgan fingerprint density at radius 2 is 1.90 bits per heavy atom. The van der Waals surface area contributed by atoms with Crippen LogP contribution in [-0.4, -0.2) is 25.5 Å². The summed E-state index contributed by atoms with van der Waals surface area (Å²) in [6.07, 6.45) is 2.77. The third-order valence-corrected chi connectivity index (χ3v) is 2.88. The molecule has 1 amide bonds. The highest BCUT2D eigenvalue weighted by molar-refractivity contribution is 5.94. The van der Waals surface area contributed by atoms with Gasteiger partial charge in [0.25, 0.3) is 5.91 Å². The summed E-state index contributed by atoms with van der Waals surface area (Å²) in [5.74, 6) is -4.94. The van der Waals surface area contributed by atoms with Gasteiger partial charge in [-0.05, 0) is 25.1 Å². The molecule has 0 saturated carbocycles. The van der Waals surface area contributed by atoms with Crippen LogP contribution in [0.15, 0.2) is 23.8 Å². The van der Waals surface area contributed by atoms with Crippen LogP contribution in [0.3, 0.4) is 0 Å². The molecule has 0 unspecified atom stereocenters. The predicted molar refractivity (Wildman–Crippen MR) is 71.5 cm³/mol. The number of carbonyl (C=O) groups is 1. The van der Waals surface area contributed by atoms with Crippen LogP contribution in [0, 0.1) is 17.5 Å². The predicted octanol–water partition coefficient (Wildman–Crippen LogP) is 2.18. The van der Waals surface area contributed by atoms with Crippen LogP contribution in [0.1, 0.15) is 16.8 Å². The van der Waals surface area contributed by atoms with E-state index in [-0.39, 0.29) is 18.0 Å². The van der Waals surface area contributed by atoms with Crippen LogP contribution in [0.4, 0.5) is 13.2 Å². The van der Waals surface area contributed by atoms with Gasteiger partial charge in [-0.15, -0.1) is 12.4 Å². The summed E-state index contributed by atoms with van der Waals surface area (Å²) in [4.78, 5) is 11.7. The molecule has 1 aromatic rings. The van der Waals surface area contributed by atoms with Gasteiger partial charge in [0.05, 0.1) is 0 Å². The van der Waals surface area contributed by atoms with Crippen molar-refractivity contribution >= 4 is 18.3 Å². The summed E-state index contributed by atoms with van der Waals surface area (Å²) in [6.45, 7) is 1.90. The number of benzene rings is 1. The van der Waals surface area contributed by atoms with E-state index < -0.39 is 23.4 Å². The molecule has 1 aliphatic rings. The Kier molecular flexibility index (Phi) is 6.04. The van der Waals surface area contributed by atoms with Crippen molar-refractivity contribution in [1.29, 1.82) is 0 Å². The quantitative estimate of drug-likeness (QED) is 0.664. The molecule has 1 heterocycles. The van der Waals surface area contributed by atoms with Crippen molar-refractivity contribution in [2.24, 2.45) is 0 Å². The van der Waals surface area contributed by atoms with Crippen LogP contribution in [0.25, 0.3) is 0 Å². The fourth-order valence-corrected chi connectivity index (χ4v) is 1.81. The Hall–Kier alpha value is -1.53. The van der Waals surface area contributed by atoms with Gasteiger partial charge in [-0.1, -0.05) is 11.6 Å². The Balaban J connectivity index is 0.00000200. The Morgan fingerprint density at radius 1 is 1.25 bits per heavy atom. The number of hydrogen-bond donors (Lipinski definition) is 2. The van der Waals surface area contributed by atoms with Gasteiger partial charge < -0.3 is 10.6 Å². The van der Waals surface area contributed by atoms with E-state index in [4.69, 9.17) is 0 Å². The van der Waals surface area contributed by atoms with Crippen LogP contribution in [0.5, 0.6) is 0 Å². The van der Waals surface area contributed by atoms with Gasteiger partial charge in [0, 0.05) is 18.7 Å². The minimum absolute atomic E-state index is 0. The first-order chi connectivity index (χ1) is 9.08. The summed E-state index contributed by atoms with van der Waals surface area (Å²) in [5.41, 5.74) is 0.820. The molecular formula is C13H14ClF3N2O. The molecule has 1 aliphatic heterocycles. The lowest BCUT2D eigenvalue weighted by Gasteiger charge is -2.14. The van der Waals surface area contributed by atoms with E-state index in [1.54, 1.807) is 0 Å². The van der Waals surface area contributed by atoms with E-state index in [2.05, 4.69) is 10.6 Å². The summed E-state index contributed by atoms with van der Waals surface area (Å²) >= 11 is 0. The van der Waals surface area contributed by atoms with Gasteiger partial charge >= 0.3 is 0 Å². The molecule has 0 atom stereocenters. The fourth-order valence-electron chi connectivity index (χ4n) is 1.81. The van der Waals surface area contributed by atoms with Crippen molar-refractivity contribution < 1.29 is 18.0 Å². The minimum Gasteiger partial charge on any atom is -0.348 e. The zero-order valence-corrected chi connectivity index (χ0v) is 11.3. The fraction of sp³-hybridized carbons (Fsp3) is 0.308. The van der Waals surface area contributed by atoms with E-state index in [0.29, 0.717) is 18.7 Å². The largest absolute Gasteiger partial charge is 0.348 e. The number of rotatable bonds is 3. The van der Waals surface area contributed by atoms with Crippen molar-refractivity contribution in [3.63, 3.8) is 0 Å². The van der Waals surface area contributed by atoms with Gasteiger partial charge in [-0.3, -0.25) is 4.79 Å². The number of nitrogens with one attached hydrogen (secondary N) is 2. The van der Waals surface area contributed by atoms with E-state index >= 15 is 0 Å². The van der Waals surface area contributed by atoms with Crippen molar-refractivity contribution in [3.05, 3.63) is 46.8 Å². The zero-order valence-electron chi connectivity index (χ0n) is 10.5. The van der Waals surface area contributed by atoms with Gasteiger partial charge in [0.2, 0.25) is 0 Å². The lowest BCUT2D eigenvalue weighted by Crippen LogP contribution is -2.29. The van der Waals surface area contributed by atoms with Gasteiger partial charge in [0.1, 0.15) is 0 Å². The summed E-state index contributed by atoms with van der Waals surface area (Å²) in [7, 11) is 0. The zero-order chi connectivity index (χ0) is 13.8. The maximum absolute atomic E-state index is 13.0. The monoisotopic (exact) mass is 306 g/mol. The highest BCUT2D eigenvalue weighted by Gasteiger charge is 2.15. The second-order valence-electron chi connectivity index (χ2n) is 4.25. The molecule has 20 heavy (non-hydrogen) atoms. The molecule has 110 valence electrons. The van der Waals surface area contributed by atoms with E-state index in [1.807, 2.05) is 6.08 Å². The normalized spacial score (nSPS) is 14.2. The van der Waals surface area contributed by atoms with Crippen molar-refractivity contribution in [3.8, 4) is 0 Å². The Labute approximate surface area is 120 Å². The average molecular weight is 307 g/mol. The topological polar surface area (TPSA) is 41.1 Å². The summed E-state index contributed by atoms with van der Waals surface area (Å²) in [5, 5.41) is 5.68. The van der Waals surface area contributed by atoms with Crippen LogP contribution in [-0.2, 0) is 0 Å². The highest BCUT2D eigenvalue weighted by atomic mass is 35.5. The van der Waals surface area contributed by atoms with E-state index in [9.17, 15) is 18.0 Å². The lowest BCUT2D eigenvalue weighted by atomic mass is 10.1. The first-order valence-corrected chi connectivity index (χ1v) is 5.89. The summed E-state index contributed by atoms with van der Waals surface area (Å²) in [6, 6.07) is 1.37. The van der Waals surface area contributed by atoms with Gasteiger partial charge in [-0.2, -0.15) is 0 Å². The Bertz CT molecular complexity index is 511. The Morgan fingerprint density at radius 3 is 2.45 bits per heavy atom. The number of hydrogen-bond acceptors (Lipinski definition) is 2. The first kappa shape index (κ1) is 16.5. The third kappa shape index (κ3) is 3.98. The molecule has 2 N–H and O–H groups in total. The van der Waals surface area contributed by atoms with Crippen LogP contribution in [0.2, 0.25) is 0 Å². The van der Waals surface area contributed by atoms with Crippen LogP contribution >= 0.6 is 12.4 Å². The molecule has 0 fully saturated rings. The molecule has 7 heteroatoms. The number of halogens is 4. The molecule has 1 aromatic carbocycles. The SMILES string of the molecule is Cl.O=C(NCC1=CCNCC1)c1cc(F)c(F)c(F)c1. The first-order valence-electron chi connectivity index (χ1n) is 5.89. The highest BCUT2D eigenvalue weighted by Crippen LogP contribution is 2.13. The van der Waals surface area contributed by atoms with Crippen molar-refractivity contribution in [1.82, 2.24) is 10.6 Å². The smallest absolute Gasteiger partial charge is 0.251 e. The minimum atomic E-state index is -1.57.